The van der Waals surface area contributed by atoms with E-state index in [1.54, 1.807) is 32.0 Å². The average Bonchev–Trinajstić information content (AvgIpc) is 2.66. The second-order valence-electron chi connectivity index (χ2n) is 5.53. The standard InChI is InChI=1S/C17H15F5NO4P/c1-9(2)25-11(24)8-23-28(26-10-6-4-3-5-7-10)27-17-15(21)13(19)12(18)14(20)16(17)22/h3-7,9,23H,8H2,1-2H3. The topological polar surface area (TPSA) is 56.8 Å². The summed E-state index contributed by atoms with van der Waals surface area (Å²) in [5.74, 6) is -13.1. The summed E-state index contributed by atoms with van der Waals surface area (Å²) in [6, 6.07) is 7.74. The first-order valence-electron chi connectivity index (χ1n) is 7.86. The number of nitrogens with one attached hydrogen (secondary N) is 1. The molecule has 0 aliphatic heterocycles. The monoisotopic (exact) mass is 423 g/mol. The predicted molar refractivity (Wildman–Crippen MR) is 90.1 cm³/mol. The van der Waals surface area contributed by atoms with Crippen molar-refractivity contribution in [1.82, 2.24) is 5.09 Å². The molecule has 2 aromatic carbocycles. The molecule has 152 valence electrons. The summed E-state index contributed by atoms with van der Waals surface area (Å²) < 4.78 is 82.7. The van der Waals surface area contributed by atoms with Crippen LogP contribution in [0.5, 0.6) is 11.5 Å². The van der Waals surface area contributed by atoms with Gasteiger partial charge in [-0.05, 0) is 26.0 Å². The van der Waals surface area contributed by atoms with Gasteiger partial charge in [0.05, 0.1) is 6.10 Å². The van der Waals surface area contributed by atoms with Crippen LogP contribution in [0.1, 0.15) is 13.8 Å². The number of esters is 1. The number of para-hydroxylation sites is 1. The number of ether oxygens (including phenoxy) is 1. The van der Waals surface area contributed by atoms with Crippen molar-refractivity contribution in [3.05, 3.63) is 59.4 Å². The Morgan fingerprint density at radius 2 is 1.46 bits per heavy atom. The van der Waals surface area contributed by atoms with Crippen molar-refractivity contribution in [3.63, 3.8) is 0 Å². The Kier molecular flexibility index (Phi) is 7.53. The molecule has 0 aromatic heterocycles. The lowest BCUT2D eigenvalue weighted by Crippen LogP contribution is -2.26. The molecular weight excluding hydrogens is 408 g/mol. The molecule has 0 fully saturated rings. The van der Waals surface area contributed by atoms with Gasteiger partial charge in [-0.25, -0.2) is 18.3 Å². The molecule has 0 saturated heterocycles. The third-order valence-corrected chi connectivity index (χ3v) is 4.14. The maximum Gasteiger partial charge on any atom is 0.382 e. The fraction of sp³-hybridized carbons (Fsp3) is 0.235. The number of hydrogen-bond acceptors (Lipinski definition) is 5. The lowest BCUT2D eigenvalue weighted by atomic mass is 10.3. The van der Waals surface area contributed by atoms with Gasteiger partial charge >= 0.3 is 14.5 Å². The normalized spacial score (nSPS) is 12.0. The zero-order valence-electron chi connectivity index (χ0n) is 14.6. The van der Waals surface area contributed by atoms with Crippen LogP contribution in [0.4, 0.5) is 22.0 Å². The molecule has 1 N–H and O–H groups in total. The van der Waals surface area contributed by atoms with Crippen LogP contribution in [0, 0.1) is 29.1 Å². The van der Waals surface area contributed by atoms with Crippen LogP contribution in [0.25, 0.3) is 0 Å². The molecule has 5 nitrogen and oxygen atoms in total. The Bertz CT molecular complexity index is 809. The first-order valence-corrected chi connectivity index (χ1v) is 9.04. The first kappa shape index (κ1) is 21.8. The highest BCUT2D eigenvalue weighted by molar-refractivity contribution is 7.45. The Balaban J connectivity index is 2.25. The van der Waals surface area contributed by atoms with Gasteiger partial charge in [0.1, 0.15) is 12.3 Å². The van der Waals surface area contributed by atoms with E-state index in [2.05, 4.69) is 5.09 Å². The van der Waals surface area contributed by atoms with E-state index in [0.29, 0.717) is 0 Å². The summed E-state index contributed by atoms with van der Waals surface area (Å²) in [7, 11) is -2.52. The number of carbonyl (C=O) groups excluding carboxylic acids is 1. The molecule has 11 heteroatoms. The molecule has 1 atom stereocenters. The van der Waals surface area contributed by atoms with Crippen molar-refractivity contribution in [3.8, 4) is 11.5 Å². The van der Waals surface area contributed by atoms with Gasteiger partial charge < -0.3 is 13.8 Å². The van der Waals surface area contributed by atoms with Gasteiger partial charge in [0.25, 0.3) is 0 Å². The van der Waals surface area contributed by atoms with Crippen molar-refractivity contribution in [1.29, 1.82) is 0 Å². The van der Waals surface area contributed by atoms with E-state index in [-0.39, 0.29) is 5.75 Å². The number of benzene rings is 2. The van der Waals surface area contributed by atoms with Gasteiger partial charge in [0.2, 0.25) is 34.8 Å². The highest BCUT2D eigenvalue weighted by Crippen LogP contribution is 2.40. The molecule has 0 radical (unpaired) electrons. The van der Waals surface area contributed by atoms with Crippen LogP contribution < -0.4 is 14.1 Å². The van der Waals surface area contributed by atoms with Crippen LogP contribution in [0.15, 0.2) is 30.3 Å². The van der Waals surface area contributed by atoms with E-state index in [1.165, 1.54) is 12.1 Å². The first-order chi connectivity index (χ1) is 13.2. The van der Waals surface area contributed by atoms with Crippen molar-refractivity contribution in [2.24, 2.45) is 0 Å². The average molecular weight is 423 g/mol. The Morgan fingerprint density at radius 3 is 2.00 bits per heavy atom. The lowest BCUT2D eigenvalue weighted by Gasteiger charge is -2.20. The van der Waals surface area contributed by atoms with Gasteiger partial charge in [0.15, 0.2) is 0 Å². The number of carbonyl (C=O) groups is 1. The minimum atomic E-state index is -2.52. The van der Waals surface area contributed by atoms with Gasteiger partial charge in [-0.15, -0.1) is 0 Å². The second kappa shape index (κ2) is 9.66. The molecule has 28 heavy (non-hydrogen) atoms. The third kappa shape index (κ3) is 5.53. The van der Waals surface area contributed by atoms with Crippen LogP contribution in [-0.2, 0) is 9.53 Å². The van der Waals surface area contributed by atoms with Crippen LogP contribution in [0.3, 0.4) is 0 Å². The molecule has 0 bridgehead atoms. The highest BCUT2D eigenvalue weighted by atomic mass is 31.2. The van der Waals surface area contributed by atoms with E-state index in [1.807, 2.05) is 0 Å². The smallest absolute Gasteiger partial charge is 0.382 e. The molecule has 0 amide bonds. The fourth-order valence-corrected chi connectivity index (χ4v) is 2.91. The van der Waals surface area contributed by atoms with Crippen LogP contribution in [-0.4, -0.2) is 18.6 Å². The van der Waals surface area contributed by atoms with Gasteiger partial charge in [0, 0.05) is 0 Å². The second-order valence-corrected chi connectivity index (χ2v) is 6.72. The largest absolute Gasteiger partial charge is 0.462 e. The summed E-state index contributed by atoms with van der Waals surface area (Å²) in [5, 5.41) is 2.40. The minimum Gasteiger partial charge on any atom is -0.462 e. The maximum atomic E-state index is 13.9. The van der Waals surface area contributed by atoms with E-state index in [0.717, 1.165) is 0 Å². The predicted octanol–water partition coefficient (Wildman–Crippen LogP) is 4.61. The quantitative estimate of drug-likeness (QED) is 0.221. The molecular formula is C17H15F5NO4P. The molecule has 0 saturated carbocycles. The molecule has 0 aliphatic rings. The third-order valence-electron chi connectivity index (χ3n) is 2.99. The van der Waals surface area contributed by atoms with Gasteiger partial charge in [-0.2, -0.15) is 8.78 Å². The van der Waals surface area contributed by atoms with E-state index in [4.69, 9.17) is 13.8 Å². The Hall–Kier alpha value is -2.45. The molecule has 1 unspecified atom stereocenters. The Labute approximate surface area is 158 Å². The van der Waals surface area contributed by atoms with Crippen molar-refractivity contribution in [2.45, 2.75) is 20.0 Å². The maximum absolute atomic E-state index is 13.9. The van der Waals surface area contributed by atoms with Crippen molar-refractivity contribution in [2.75, 3.05) is 6.54 Å². The molecule has 0 heterocycles. The molecule has 2 rings (SSSR count). The minimum absolute atomic E-state index is 0.169. The Morgan fingerprint density at radius 1 is 0.929 bits per heavy atom. The van der Waals surface area contributed by atoms with E-state index >= 15 is 0 Å². The molecule has 2 aromatic rings. The van der Waals surface area contributed by atoms with Crippen molar-refractivity contribution < 1.29 is 40.5 Å². The van der Waals surface area contributed by atoms with Gasteiger partial charge in [-0.1, -0.05) is 18.2 Å². The van der Waals surface area contributed by atoms with Crippen LogP contribution >= 0.6 is 8.53 Å². The molecule has 0 spiro atoms. The van der Waals surface area contributed by atoms with E-state index < -0.39 is 62.0 Å². The van der Waals surface area contributed by atoms with E-state index in [9.17, 15) is 26.7 Å². The SMILES string of the molecule is CC(C)OC(=O)CNP(Oc1ccccc1)Oc1c(F)c(F)c(F)c(F)c1F. The summed E-state index contributed by atoms with van der Waals surface area (Å²) in [6.45, 7) is 2.71. The zero-order chi connectivity index (χ0) is 20.8. The number of rotatable bonds is 8. The lowest BCUT2D eigenvalue weighted by molar-refractivity contribution is -0.145. The van der Waals surface area contributed by atoms with Crippen molar-refractivity contribution >= 4 is 14.5 Å². The fourth-order valence-electron chi connectivity index (χ4n) is 1.84. The number of halogens is 5. The summed E-state index contributed by atoms with van der Waals surface area (Å²) in [5.41, 5.74) is 0. The zero-order valence-corrected chi connectivity index (χ0v) is 15.5. The summed E-state index contributed by atoms with van der Waals surface area (Å²) >= 11 is 0. The van der Waals surface area contributed by atoms with Gasteiger partial charge in [-0.3, -0.25) is 4.79 Å². The summed E-state index contributed by atoms with van der Waals surface area (Å²) in [4.78, 5) is 11.6. The summed E-state index contributed by atoms with van der Waals surface area (Å²) in [6.07, 6.45) is -0.424. The van der Waals surface area contributed by atoms with Crippen LogP contribution in [0.2, 0.25) is 0 Å². The highest BCUT2D eigenvalue weighted by Gasteiger charge is 2.30. The molecule has 0 aliphatic carbocycles. The number of hydrogen-bond donors (Lipinski definition) is 1.